The molecule has 1 saturated heterocycles. The molecule has 1 aliphatic rings. The van der Waals surface area contributed by atoms with Crippen molar-refractivity contribution in [3.05, 3.63) is 34.9 Å². The molecule has 1 heterocycles. The fourth-order valence-corrected chi connectivity index (χ4v) is 2.96. The molecule has 0 aromatic heterocycles. The van der Waals surface area contributed by atoms with E-state index in [0.717, 1.165) is 5.56 Å². The van der Waals surface area contributed by atoms with Crippen LogP contribution in [0.3, 0.4) is 0 Å². The van der Waals surface area contributed by atoms with E-state index < -0.39 is 6.04 Å². The minimum atomic E-state index is -0.516. The average Bonchev–Trinajstić information content (AvgIpc) is 2.52. The Morgan fingerprint density at radius 3 is 2.65 bits per heavy atom. The van der Waals surface area contributed by atoms with Gasteiger partial charge in [0.05, 0.1) is 13.2 Å². The summed E-state index contributed by atoms with van der Waals surface area (Å²) in [4.78, 5) is 25.9. The van der Waals surface area contributed by atoms with E-state index in [9.17, 15) is 9.59 Å². The van der Waals surface area contributed by atoms with Crippen LogP contribution in [-0.2, 0) is 14.3 Å². The van der Waals surface area contributed by atoms with Gasteiger partial charge in [-0.2, -0.15) is 0 Å². The van der Waals surface area contributed by atoms with Crippen LogP contribution >= 0.6 is 11.6 Å². The highest BCUT2D eigenvalue weighted by Gasteiger charge is 2.32. The molecule has 1 aromatic rings. The van der Waals surface area contributed by atoms with Crippen LogP contribution in [0.2, 0.25) is 5.02 Å². The molecule has 23 heavy (non-hydrogen) atoms. The summed E-state index contributed by atoms with van der Waals surface area (Å²) in [5.74, 6) is -0.253. The average molecular weight is 339 g/mol. The molecule has 0 saturated carbocycles. The Hall–Kier alpha value is -1.59. The maximum absolute atomic E-state index is 12.8. The van der Waals surface area contributed by atoms with Crippen LogP contribution in [-0.4, -0.2) is 42.5 Å². The number of nitrogens with zero attached hydrogens (tertiary/aromatic N) is 1. The summed E-state index contributed by atoms with van der Waals surface area (Å²) < 4.78 is 5.78. The molecular weight excluding hydrogens is 316 g/mol. The fourth-order valence-electron chi connectivity index (χ4n) is 2.70. The van der Waals surface area contributed by atoms with Gasteiger partial charge in [0.2, 0.25) is 11.8 Å². The maximum atomic E-state index is 12.8. The van der Waals surface area contributed by atoms with Gasteiger partial charge in [-0.25, -0.2) is 0 Å². The van der Waals surface area contributed by atoms with Crippen molar-refractivity contribution in [2.75, 3.05) is 19.7 Å². The zero-order valence-electron chi connectivity index (χ0n) is 13.7. The third-order valence-electron chi connectivity index (χ3n) is 3.92. The van der Waals surface area contributed by atoms with Crippen molar-refractivity contribution in [1.29, 1.82) is 0 Å². The van der Waals surface area contributed by atoms with Gasteiger partial charge in [-0.05, 0) is 12.0 Å². The first-order chi connectivity index (χ1) is 10.9. The summed E-state index contributed by atoms with van der Waals surface area (Å²) in [6.07, 6.45) is -0.244. The number of amides is 2. The molecule has 0 bridgehead atoms. The largest absolute Gasteiger partial charge is 0.370 e. The van der Waals surface area contributed by atoms with Gasteiger partial charge in [0.25, 0.3) is 0 Å². The molecule has 126 valence electrons. The van der Waals surface area contributed by atoms with Crippen LogP contribution in [0.25, 0.3) is 0 Å². The van der Waals surface area contributed by atoms with Crippen molar-refractivity contribution in [2.24, 2.45) is 5.92 Å². The Bertz CT molecular complexity index is 577. The van der Waals surface area contributed by atoms with Gasteiger partial charge in [-0.15, -0.1) is 0 Å². The van der Waals surface area contributed by atoms with Crippen LogP contribution in [0.15, 0.2) is 24.3 Å². The van der Waals surface area contributed by atoms with E-state index in [-0.39, 0.29) is 23.8 Å². The van der Waals surface area contributed by atoms with Crippen LogP contribution in [0.5, 0.6) is 0 Å². The molecular formula is C17H23ClN2O3. The molecule has 0 unspecified atom stereocenters. The van der Waals surface area contributed by atoms with Crippen molar-refractivity contribution in [3.63, 3.8) is 0 Å². The summed E-state index contributed by atoms with van der Waals surface area (Å²) in [5.41, 5.74) is 0.882. The molecule has 2 amide bonds. The number of benzene rings is 1. The minimum absolute atomic E-state index is 0.0213. The molecule has 6 heteroatoms. The smallest absolute Gasteiger partial charge is 0.245 e. The first-order valence-electron chi connectivity index (χ1n) is 7.82. The highest BCUT2D eigenvalue weighted by molar-refractivity contribution is 6.31. The van der Waals surface area contributed by atoms with Crippen LogP contribution < -0.4 is 5.32 Å². The molecule has 0 spiro atoms. The van der Waals surface area contributed by atoms with E-state index in [1.807, 2.05) is 38.1 Å². The second kappa shape index (κ2) is 7.79. The number of carbonyl (C=O) groups is 2. The van der Waals surface area contributed by atoms with Gasteiger partial charge in [0, 0.05) is 24.1 Å². The summed E-state index contributed by atoms with van der Waals surface area (Å²) in [6.45, 7) is 6.67. The quantitative estimate of drug-likeness (QED) is 0.917. The number of ether oxygens (including phenoxy) is 1. The predicted molar refractivity (Wildman–Crippen MR) is 89.2 cm³/mol. The van der Waals surface area contributed by atoms with Crippen LogP contribution in [0.1, 0.15) is 32.4 Å². The third kappa shape index (κ3) is 4.45. The molecule has 5 nitrogen and oxygen atoms in total. The Balaban J connectivity index is 2.12. The first kappa shape index (κ1) is 17.8. The summed E-state index contributed by atoms with van der Waals surface area (Å²) >= 11 is 6.23. The fraction of sp³-hybridized carbons (Fsp3) is 0.529. The summed E-state index contributed by atoms with van der Waals surface area (Å²) in [6, 6.07) is 6.98. The van der Waals surface area contributed by atoms with Gasteiger partial charge < -0.3 is 15.0 Å². The van der Waals surface area contributed by atoms with Crippen molar-refractivity contribution in [3.8, 4) is 0 Å². The van der Waals surface area contributed by atoms with Gasteiger partial charge in [0.15, 0.2) is 0 Å². The first-order valence-corrected chi connectivity index (χ1v) is 8.20. The second-order valence-electron chi connectivity index (χ2n) is 6.09. The number of morpholine rings is 1. The molecule has 2 atom stereocenters. The highest BCUT2D eigenvalue weighted by Crippen LogP contribution is 2.28. The number of nitrogens with one attached hydrogen (secondary N) is 1. The van der Waals surface area contributed by atoms with Gasteiger partial charge >= 0.3 is 0 Å². The zero-order chi connectivity index (χ0) is 17.0. The van der Waals surface area contributed by atoms with Gasteiger partial charge in [0.1, 0.15) is 12.1 Å². The van der Waals surface area contributed by atoms with Crippen molar-refractivity contribution >= 4 is 23.4 Å². The lowest BCUT2D eigenvalue weighted by Gasteiger charge is -2.36. The zero-order valence-corrected chi connectivity index (χ0v) is 14.5. The van der Waals surface area contributed by atoms with Gasteiger partial charge in [-0.1, -0.05) is 43.6 Å². The third-order valence-corrected chi connectivity index (χ3v) is 4.27. The molecule has 2 rings (SSSR count). The van der Waals surface area contributed by atoms with Crippen LogP contribution in [0, 0.1) is 5.92 Å². The summed E-state index contributed by atoms with van der Waals surface area (Å²) in [7, 11) is 0. The second-order valence-corrected chi connectivity index (χ2v) is 6.49. The molecule has 1 N–H and O–H groups in total. The topological polar surface area (TPSA) is 58.6 Å². The molecule has 1 aliphatic heterocycles. The van der Waals surface area contributed by atoms with E-state index in [0.29, 0.717) is 24.7 Å². The van der Waals surface area contributed by atoms with Crippen LogP contribution in [0.4, 0.5) is 0 Å². The predicted octanol–water partition coefficient (Wildman–Crippen LogP) is 2.40. The number of hydrogen-bond acceptors (Lipinski definition) is 3. The minimum Gasteiger partial charge on any atom is -0.370 e. The Morgan fingerprint density at radius 1 is 1.35 bits per heavy atom. The lowest BCUT2D eigenvalue weighted by Crippen LogP contribution is -2.53. The number of hydrogen-bond donors (Lipinski definition) is 1. The Morgan fingerprint density at radius 2 is 2.04 bits per heavy atom. The van der Waals surface area contributed by atoms with E-state index in [4.69, 9.17) is 16.3 Å². The normalized spacial score (nSPS) is 19.5. The monoisotopic (exact) mass is 338 g/mol. The lowest BCUT2D eigenvalue weighted by molar-refractivity contribution is -0.144. The standard InChI is InChI=1S/C17H23ClN2O3/c1-11(2)16(19-12(3)21)17(22)20-8-9-23-15(10-20)13-6-4-5-7-14(13)18/h4-7,11,15-16H,8-10H2,1-3H3,(H,19,21)/t15-,16+/m0/s1. The van der Waals surface area contributed by atoms with E-state index >= 15 is 0 Å². The van der Waals surface area contributed by atoms with E-state index in [2.05, 4.69) is 5.32 Å². The van der Waals surface area contributed by atoms with Crippen molar-refractivity contribution in [2.45, 2.75) is 32.9 Å². The van der Waals surface area contributed by atoms with E-state index in [1.54, 1.807) is 4.90 Å². The van der Waals surface area contributed by atoms with Crippen molar-refractivity contribution in [1.82, 2.24) is 10.2 Å². The Labute approximate surface area is 141 Å². The lowest BCUT2D eigenvalue weighted by atomic mass is 10.0. The molecule has 1 fully saturated rings. The summed E-state index contributed by atoms with van der Waals surface area (Å²) in [5, 5.41) is 3.38. The number of rotatable bonds is 4. The molecule has 0 aliphatic carbocycles. The number of carbonyl (C=O) groups excluding carboxylic acids is 2. The van der Waals surface area contributed by atoms with E-state index in [1.165, 1.54) is 6.92 Å². The Kier molecular flexibility index (Phi) is 6.02. The number of halogens is 1. The maximum Gasteiger partial charge on any atom is 0.245 e. The SMILES string of the molecule is CC(=O)N[C@@H](C(=O)N1CCO[C@H](c2ccccc2Cl)C1)C(C)C. The van der Waals surface area contributed by atoms with Gasteiger partial charge in [-0.3, -0.25) is 9.59 Å². The molecule has 0 radical (unpaired) electrons. The van der Waals surface area contributed by atoms with Crippen molar-refractivity contribution < 1.29 is 14.3 Å². The highest BCUT2D eigenvalue weighted by atomic mass is 35.5. The molecule has 1 aromatic carbocycles.